The van der Waals surface area contributed by atoms with Gasteiger partial charge in [-0.1, -0.05) is 71.4 Å². The fourth-order valence-corrected chi connectivity index (χ4v) is 3.05. The molecule has 0 spiro atoms. The lowest BCUT2D eigenvalue weighted by molar-refractivity contribution is -0.136. The van der Waals surface area contributed by atoms with Crippen molar-refractivity contribution >= 4 is 29.4 Å². The Labute approximate surface area is 167 Å². The molecule has 1 aliphatic heterocycles. The van der Waals surface area contributed by atoms with Gasteiger partial charge in [0.2, 0.25) is 0 Å². The molecule has 4 nitrogen and oxygen atoms in total. The number of carbonyl (C=O) groups is 1. The second kappa shape index (κ2) is 8.11. The van der Waals surface area contributed by atoms with Crippen LogP contribution >= 0.6 is 11.6 Å². The minimum atomic E-state index is -0.458. The molecule has 138 valence electrons. The van der Waals surface area contributed by atoms with Gasteiger partial charge < -0.3 is 9.57 Å². The lowest BCUT2D eigenvalue weighted by Crippen LogP contribution is -2.06. The van der Waals surface area contributed by atoms with E-state index >= 15 is 0 Å². The van der Waals surface area contributed by atoms with E-state index in [9.17, 15) is 4.79 Å². The minimum absolute atomic E-state index is 0.429. The number of benzene rings is 3. The van der Waals surface area contributed by atoms with Gasteiger partial charge in [-0.2, -0.15) is 0 Å². The van der Waals surface area contributed by atoms with Gasteiger partial charge in [-0.3, -0.25) is 0 Å². The van der Waals surface area contributed by atoms with Gasteiger partial charge in [0.25, 0.3) is 0 Å². The summed E-state index contributed by atoms with van der Waals surface area (Å²) in [7, 11) is 0. The second-order valence-electron chi connectivity index (χ2n) is 6.23. The van der Waals surface area contributed by atoms with Crippen molar-refractivity contribution in [1.82, 2.24) is 0 Å². The van der Waals surface area contributed by atoms with Crippen molar-refractivity contribution in [2.24, 2.45) is 5.16 Å². The highest BCUT2D eigenvalue weighted by molar-refractivity contribution is 6.31. The number of carbonyl (C=O) groups excluding carboxylic acids is 1. The number of halogens is 1. The molecule has 0 aliphatic carbocycles. The van der Waals surface area contributed by atoms with Crippen molar-refractivity contribution in [2.75, 3.05) is 0 Å². The normalized spacial score (nSPS) is 14.7. The Hall–Kier alpha value is -3.37. The maximum atomic E-state index is 12.1. The van der Waals surface area contributed by atoms with Crippen molar-refractivity contribution in [3.8, 4) is 5.75 Å². The minimum Gasteiger partial charge on any atom is -0.489 e. The van der Waals surface area contributed by atoms with E-state index in [2.05, 4.69) is 5.16 Å². The van der Waals surface area contributed by atoms with E-state index in [0.717, 1.165) is 22.4 Å². The lowest BCUT2D eigenvalue weighted by Gasteiger charge is -2.07. The van der Waals surface area contributed by atoms with Crippen LogP contribution in [0, 0.1) is 0 Å². The standard InChI is InChI=1S/C23H16ClNO3/c24-19-8-4-5-17(13-19)15-27-20-11-9-16(10-12-20)14-21-22(25-28-23(21)26)18-6-2-1-3-7-18/h1-14H,15H2/b21-14-. The molecule has 1 heterocycles. The van der Waals surface area contributed by atoms with Crippen LogP contribution in [0.4, 0.5) is 0 Å². The van der Waals surface area contributed by atoms with Crippen molar-refractivity contribution in [3.63, 3.8) is 0 Å². The maximum absolute atomic E-state index is 12.1. The SMILES string of the molecule is O=C1ON=C(c2ccccc2)/C1=C/c1ccc(OCc2cccc(Cl)c2)cc1. The number of hydrogen-bond acceptors (Lipinski definition) is 4. The van der Waals surface area contributed by atoms with Crippen molar-refractivity contribution in [2.45, 2.75) is 6.61 Å². The molecule has 0 radical (unpaired) electrons. The summed E-state index contributed by atoms with van der Waals surface area (Å²) in [6, 6.07) is 24.5. The van der Waals surface area contributed by atoms with Gasteiger partial charge in [-0.25, -0.2) is 4.79 Å². The first-order valence-electron chi connectivity index (χ1n) is 8.73. The zero-order chi connectivity index (χ0) is 19.3. The zero-order valence-electron chi connectivity index (χ0n) is 14.8. The van der Waals surface area contributed by atoms with E-state index in [1.165, 1.54) is 0 Å². The Kier molecular flexibility index (Phi) is 5.22. The Morgan fingerprint density at radius 1 is 0.964 bits per heavy atom. The molecule has 0 bridgehead atoms. The average Bonchev–Trinajstić information content (AvgIpc) is 3.08. The molecule has 3 aromatic carbocycles. The summed E-state index contributed by atoms with van der Waals surface area (Å²) in [6.45, 7) is 0.429. The van der Waals surface area contributed by atoms with Crippen LogP contribution in [-0.2, 0) is 16.2 Å². The van der Waals surface area contributed by atoms with Crippen LogP contribution in [-0.4, -0.2) is 11.7 Å². The summed E-state index contributed by atoms with van der Waals surface area (Å²) < 4.78 is 5.79. The Bertz CT molecular complexity index is 1060. The monoisotopic (exact) mass is 389 g/mol. The summed E-state index contributed by atoms with van der Waals surface area (Å²) in [6.07, 6.45) is 1.77. The summed E-state index contributed by atoms with van der Waals surface area (Å²) in [4.78, 5) is 16.9. The van der Waals surface area contributed by atoms with E-state index in [0.29, 0.717) is 22.9 Å². The van der Waals surface area contributed by atoms with E-state index in [-0.39, 0.29) is 0 Å². The van der Waals surface area contributed by atoms with Crippen LogP contribution in [0.15, 0.2) is 89.6 Å². The number of hydrogen-bond donors (Lipinski definition) is 0. The van der Waals surface area contributed by atoms with Gasteiger partial charge in [-0.15, -0.1) is 0 Å². The maximum Gasteiger partial charge on any atom is 0.368 e. The molecular weight excluding hydrogens is 374 g/mol. The van der Waals surface area contributed by atoms with Gasteiger partial charge >= 0.3 is 5.97 Å². The fourth-order valence-electron chi connectivity index (χ4n) is 2.83. The number of oxime groups is 1. The van der Waals surface area contributed by atoms with Crippen LogP contribution < -0.4 is 4.74 Å². The quantitative estimate of drug-likeness (QED) is 0.441. The molecule has 3 aromatic rings. The molecule has 28 heavy (non-hydrogen) atoms. The highest BCUT2D eigenvalue weighted by Crippen LogP contribution is 2.22. The fraction of sp³-hybridized carbons (Fsp3) is 0.0435. The molecule has 0 saturated carbocycles. The largest absolute Gasteiger partial charge is 0.489 e. The highest BCUT2D eigenvalue weighted by atomic mass is 35.5. The molecular formula is C23H16ClNO3. The molecule has 0 amide bonds. The van der Waals surface area contributed by atoms with Gasteiger partial charge in [0.05, 0.1) is 5.57 Å². The Morgan fingerprint density at radius 3 is 2.50 bits per heavy atom. The van der Waals surface area contributed by atoms with Gasteiger partial charge in [-0.05, 0) is 41.5 Å². The third-order valence-corrected chi connectivity index (χ3v) is 4.46. The topological polar surface area (TPSA) is 47.9 Å². The molecule has 4 rings (SSSR count). The number of ether oxygens (including phenoxy) is 1. The Balaban J connectivity index is 1.49. The third-order valence-electron chi connectivity index (χ3n) is 4.23. The average molecular weight is 390 g/mol. The first-order chi connectivity index (χ1) is 13.7. The molecule has 0 saturated heterocycles. The van der Waals surface area contributed by atoms with Gasteiger partial charge in [0.15, 0.2) is 0 Å². The third kappa shape index (κ3) is 4.13. The van der Waals surface area contributed by atoms with Crippen LogP contribution in [0.25, 0.3) is 6.08 Å². The van der Waals surface area contributed by atoms with E-state index in [1.54, 1.807) is 6.08 Å². The molecule has 1 aliphatic rings. The molecule has 5 heteroatoms. The van der Waals surface area contributed by atoms with Crippen LogP contribution in [0.5, 0.6) is 5.75 Å². The number of rotatable bonds is 5. The summed E-state index contributed by atoms with van der Waals surface area (Å²) in [5.41, 5.74) is 3.65. The van der Waals surface area contributed by atoms with Gasteiger partial charge in [0.1, 0.15) is 18.1 Å². The number of nitrogens with zero attached hydrogens (tertiary/aromatic N) is 1. The molecule has 0 aromatic heterocycles. The predicted octanol–water partition coefficient (Wildman–Crippen LogP) is 5.26. The van der Waals surface area contributed by atoms with E-state index in [1.807, 2.05) is 78.9 Å². The van der Waals surface area contributed by atoms with Crippen molar-refractivity contribution in [1.29, 1.82) is 0 Å². The van der Waals surface area contributed by atoms with Crippen molar-refractivity contribution < 1.29 is 14.4 Å². The smallest absolute Gasteiger partial charge is 0.368 e. The second-order valence-corrected chi connectivity index (χ2v) is 6.67. The first-order valence-corrected chi connectivity index (χ1v) is 9.11. The molecule has 0 N–H and O–H groups in total. The predicted molar refractivity (Wildman–Crippen MR) is 109 cm³/mol. The molecule has 0 atom stereocenters. The Morgan fingerprint density at radius 2 is 1.75 bits per heavy atom. The first kappa shape index (κ1) is 18.0. The summed E-state index contributed by atoms with van der Waals surface area (Å²) in [5, 5.41) is 4.60. The zero-order valence-corrected chi connectivity index (χ0v) is 15.6. The summed E-state index contributed by atoms with van der Waals surface area (Å²) >= 11 is 5.99. The van der Waals surface area contributed by atoms with Crippen LogP contribution in [0.3, 0.4) is 0 Å². The highest BCUT2D eigenvalue weighted by Gasteiger charge is 2.26. The molecule has 0 unspecified atom stereocenters. The molecule has 0 fully saturated rings. The van der Waals surface area contributed by atoms with E-state index < -0.39 is 5.97 Å². The van der Waals surface area contributed by atoms with Gasteiger partial charge in [0, 0.05) is 10.6 Å². The van der Waals surface area contributed by atoms with Crippen LogP contribution in [0.2, 0.25) is 5.02 Å². The van der Waals surface area contributed by atoms with Crippen LogP contribution in [0.1, 0.15) is 16.7 Å². The lowest BCUT2D eigenvalue weighted by atomic mass is 10.0. The van der Waals surface area contributed by atoms with Crippen molar-refractivity contribution in [3.05, 3.63) is 106 Å². The summed E-state index contributed by atoms with van der Waals surface area (Å²) in [5.74, 6) is 0.271. The van der Waals surface area contributed by atoms with E-state index in [4.69, 9.17) is 21.2 Å².